The van der Waals surface area contributed by atoms with Crippen molar-refractivity contribution in [2.24, 2.45) is 0 Å². The SMILES string of the molecule is O=C(CN1CCCC1COc1ccc(F)cc1)N1CCNC1=O. The molecular formula is C16H20FN3O3. The quantitative estimate of drug-likeness (QED) is 0.886. The molecule has 124 valence electrons. The van der Waals surface area contributed by atoms with Crippen LogP contribution in [0.4, 0.5) is 9.18 Å². The van der Waals surface area contributed by atoms with Crippen molar-refractivity contribution < 1.29 is 18.7 Å². The molecule has 1 aromatic carbocycles. The number of halogens is 1. The van der Waals surface area contributed by atoms with Crippen molar-refractivity contribution in [2.75, 3.05) is 32.8 Å². The Hall–Kier alpha value is -2.15. The van der Waals surface area contributed by atoms with Gasteiger partial charge >= 0.3 is 6.03 Å². The second-order valence-electron chi connectivity index (χ2n) is 5.81. The number of nitrogens with zero attached hydrogens (tertiary/aromatic N) is 2. The van der Waals surface area contributed by atoms with Crippen molar-refractivity contribution in [2.45, 2.75) is 18.9 Å². The topological polar surface area (TPSA) is 61.9 Å². The minimum atomic E-state index is -0.312. The zero-order chi connectivity index (χ0) is 16.2. The first-order chi connectivity index (χ1) is 11.1. The highest BCUT2D eigenvalue weighted by atomic mass is 19.1. The normalized spacial score (nSPS) is 21.5. The summed E-state index contributed by atoms with van der Waals surface area (Å²) in [6.07, 6.45) is 1.94. The van der Waals surface area contributed by atoms with Gasteiger partial charge < -0.3 is 10.1 Å². The van der Waals surface area contributed by atoms with E-state index >= 15 is 0 Å². The summed E-state index contributed by atoms with van der Waals surface area (Å²) in [5, 5.41) is 2.63. The summed E-state index contributed by atoms with van der Waals surface area (Å²) >= 11 is 0. The third-order valence-corrected chi connectivity index (χ3v) is 4.25. The summed E-state index contributed by atoms with van der Waals surface area (Å²) in [5.41, 5.74) is 0. The largest absolute Gasteiger partial charge is 0.492 e. The monoisotopic (exact) mass is 321 g/mol. The molecule has 6 nitrogen and oxygen atoms in total. The minimum Gasteiger partial charge on any atom is -0.492 e. The van der Waals surface area contributed by atoms with Crippen molar-refractivity contribution in [3.8, 4) is 5.75 Å². The fourth-order valence-corrected chi connectivity index (χ4v) is 2.98. The number of rotatable bonds is 5. The molecule has 0 aliphatic carbocycles. The smallest absolute Gasteiger partial charge is 0.324 e. The fourth-order valence-electron chi connectivity index (χ4n) is 2.98. The Labute approximate surface area is 134 Å². The Morgan fingerprint density at radius 2 is 2.09 bits per heavy atom. The van der Waals surface area contributed by atoms with E-state index in [-0.39, 0.29) is 30.3 Å². The number of urea groups is 1. The van der Waals surface area contributed by atoms with Gasteiger partial charge in [0.25, 0.3) is 0 Å². The molecule has 1 N–H and O–H groups in total. The van der Waals surface area contributed by atoms with E-state index in [2.05, 4.69) is 10.2 Å². The second-order valence-corrected chi connectivity index (χ2v) is 5.81. The highest BCUT2D eigenvalue weighted by molar-refractivity contribution is 5.96. The molecule has 1 atom stereocenters. The van der Waals surface area contributed by atoms with E-state index in [1.807, 2.05) is 0 Å². The first kappa shape index (κ1) is 15.7. The number of carbonyl (C=O) groups excluding carboxylic acids is 2. The first-order valence-electron chi connectivity index (χ1n) is 7.84. The number of benzene rings is 1. The Morgan fingerprint density at radius 3 is 2.78 bits per heavy atom. The van der Waals surface area contributed by atoms with E-state index in [1.165, 1.54) is 17.0 Å². The fraction of sp³-hybridized carbons (Fsp3) is 0.500. The molecule has 2 aliphatic rings. The molecular weight excluding hydrogens is 301 g/mol. The molecule has 0 bridgehead atoms. The maximum atomic E-state index is 12.9. The Morgan fingerprint density at radius 1 is 1.30 bits per heavy atom. The van der Waals surface area contributed by atoms with E-state index in [0.29, 0.717) is 25.4 Å². The maximum Gasteiger partial charge on any atom is 0.324 e. The van der Waals surface area contributed by atoms with Crippen LogP contribution in [0.25, 0.3) is 0 Å². The van der Waals surface area contributed by atoms with Crippen LogP contribution in [-0.2, 0) is 4.79 Å². The van der Waals surface area contributed by atoms with Gasteiger partial charge in [-0.05, 0) is 43.7 Å². The number of amides is 3. The van der Waals surface area contributed by atoms with Crippen LogP contribution in [0.1, 0.15) is 12.8 Å². The lowest BCUT2D eigenvalue weighted by Crippen LogP contribution is -2.44. The zero-order valence-corrected chi connectivity index (χ0v) is 12.8. The maximum absolute atomic E-state index is 12.9. The molecule has 1 unspecified atom stereocenters. The minimum absolute atomic E-state index is 0.134. The zero-order valence-electron chi connectivity index (χ0n) is 12.8. The predicted molar refractivity (Wildman–Crippen MR) is 81.6 cm³/mol. The van der Waals surface area contributed by atoms with Gasteiger partial charge in [0.2, 0.25) is 5.91 Å². The number of ether oxygens (including phenoxy) is 1. The van der Waals surface area contributed by atoms with Gasteiger partial charge in [0.1, 0.15) is 18.2 Å². The third kappa shape index (κ3) is 3.79. The van der Waals surface area contributed by atoms with Crippen LogP contribution in [0.15, 0.2) is 24.3 Å². The molecule has 1 aromatic rings. The number of likely N-dealkylation sites (tertiary alicyclic amines) is 1. The summed E-state index contributed by atoms with van der Waals surface area (Å²) < 4.78 is 18.6. The molecule has 3 rings (SSSR count). The van der Waals surface area contributed by atoms with Crippen molar-refractivity contribution in [1.29, 1.82) is 0 Å². The summed E-state index contributed by atoms with van der Waals surface area (Å²) in [7, 11) is 0. The van der Waals surface area contributed by atoms with Gasteiger partial charge in [-0.15, -0.1) is 0 Å². The van der Waals surface area contributed by atoms with Crippen LogP contribution in [-0.4, -0.2) is 60.6 Å². The molecule has 3 amide bonds. The van der Waals surface area contributed by atoms with Crippen LogP contribution in [0.2, 0.25) is 0 Å². The summed E-state index contributed by atoms with van der Waals surface area (Å²) in [4.78, 5) is 27.1. The van der Waals surface area contributed by atoms with Gasteiger partial charge in [-0.25, -0.2) is 9.18 Å². The predicted octanol–water partition coefficient (Wildman–Crippen LogP) is 1.22. The van der Waals surface area contributed by atoms with Gasteiger partial charge in [-0.1, -0.05) is 0 Å². The first-order valence-corrected chi connectivity index (χ1v) is 7.84. The second kappa shape index (κ2) is 6.95. The van der Waals surface area contributed by atoms with E-state index < -0.39 is 0 Å². The van der Waals surface area contributed by atoms with Crippen LogP contribution in [0.3, 0.4) is 0 Å². The Balaban J connectivity index is 1.52. The molecule has 0 spiro atoms. The molecule has 0 saturated carbocycles. The lowest BCUT2D eigenvalue weighted by molar-refractivity contribution is -0.129. The van der Waals surface area contributed by atoms with Crippen molar-refractivity contribution >= 4 is 11.9 Å². The van der Waals surface area contributed by atoms with E-state index in [4.69, 9.17) is 4.74 Å². The standard InChI is InChI=1S/C16H20FN3O3/c17-12-3-5-14(6-4-12)23-11-13-2-1-8-19(13)10-15(21)20-9-7-18-16(20)22/h3-6,13H,1-2,7-11H2,(H,18,22). The Kier molecular flexibility index (Phi) is 4.76. The van der Waals surface area contributed by atoms with Crippen LogP contribution >= 0.6 is 0 Å². The van der Waals surface area contributed by atoms with Gasteiger partial charge in [0.15, 0.2) is 0 Å². The van der Waals surface area contributed by atoms with Crippen molar-refractivity contribution in [1.82, 2.24) is 15.1 Å². The lowest BCUT2D eigenvalue weighted by Gasteiger charge is -2.25. The van der Waals surface area contributed by atoms with Crippen molar-refractivity contribution in [3.05, 3.63) is 30.1 Å². The summed E-state index contributed by atoms with van der Waals surface area (Å²) in [6.45, 7) is 2.44. The number of carbonyl (C=O) groups is 2. The third-order valence-electron chi connectivity index (χ3n) is 4.25. The van der Waals surface area contributed by atoms with Gasteiger partial charge in [0, 0.05) is 19.1 Å². The molecule has 2 heterocycles. The van der Waals surface area contributed by atoms with Crippen molar-refractivity contribution in [3.63, 3.8) is 0 Å². The number of hydrogen-bond donors (Lipinski definition) is 1. The summed E-state index contributed by atoms with van der Waals surface area (Å²) in [5.74, 6) is 0.145. The molecule has 2 aliphatic heterocycles. The number of nitrogens with one attached hydrogen (secondary N) is 1. The van der Waals surface area contributed by atoms with E-state index in [0.717, 1.165) is 19.4 Å². The average Bonchev–Trinajstić information content (AvgIpc) is 3.15. The Bertz CT molecular complexity index is 578. The summed E-state index contributed by atoms with van der Waals surface area (Å²) in [6, 6.07) is 5.72. The molecule has 7 heteroatoms. The molecule has 23 heavy (non-hydrogen) atoms. The molecule has 0 radical (unpaired) electrons. The molecule has 2 fully saturated rings. The van der Waals surface area contributed by atoms with Crippen LogP contribution < -0.4 is 10.1 Å². The van der Waals surface area contributed by atoms with E-state index in [1.54, 1.807) is 12.1 Å². The number of hydrogen-bond acceptors (Lipinski definition) is 4. The molecule has 0 aromatic heterocycles. The highest BCUT2D eigenvalue weighted by Crippen LogP contribution is 2.19. The van der Waals surface area contributed by atoms with Crippen LogP contribution in [0, 0.1) is 5.82 Å². The lowest BCUT2D eigenvalue weighted by atomic mass is 10.2. The van der Waals surface area contributed by atoms with Gasteiger partial charge in [0.05, 0.1) is 6.54 Å². The van der Waals surface area contributed by atoms with Gasteiger partial charge in [-0.2, -0.15) is 0 Å². The van der Waals surface area contributed by atoms with Gasteiger partial charge in [-0.3, -0.25) is 14.6 Å². The molecule has 2 saturated heterocycles. The van der Waals surface area contributed by atoms with E-state index in [9.17, 15) is 14.0 Å². The highest BCUT2D eigenvalue weighted by Gasteiger charge is 2.31. The number of imide groups is 1. The average molecular weight is 321 g/mol. The van der Waals surface area contributed by atoms with Crippen LogP contribution in [0.5, 0.6) is 5.75 Å².